The molecule has 0 fully saturated rings. The molecule has 0 radical (unpaired) electrons. The van der Waals surface area contributed by atoms with Gasteiger partial charge >= 0.3 is 0 Å². The van der Waals surface area contributed by atoms with Gasteiger partial charge in [0, 0.05) is 11.3 Å². The third-order valence-electron chi connectivity index (χ3n) is 2.42. The van der Waals surface area contributed by atoms with Crippen LogP contribution in [0, 0.1) is 6.92 Å². The number of benzene rings is 1. The van der Waals surface area contributed by atoms with Crippen LogP contribution in [0.2, 0.25) is 0 Å². The fourth-order valence-corrected chi connectivity index (χ4v) is 1.72. The molecule has 2 N–H and O–H groups in total. The van der Waals surface area contributed by atoms with Crippen LogP contribution < -0.4 is 10.6 Å². The molecule has 68 valence electrons. The number of aryl methyl sites for hydroxylation is 1. The number of nitrogens with one attached hydrogen (secondary N) is 2. The minimum atomic E-state index is -0.185. The Morgan fingerprint density at radius 2 is 2.23 bits per heavy atom. The lowest BCUT2D eigenvalue weighted by atomic mass is 10.1. The van der Waals surface area contributed by atoms with Crippen molar-refractivity contribution in [2.75, 3.05) is 12.4 Å². The van der Waals surface area contributed by atoms with E-state index in [1.807, 2.05) is 25.1 Å². The van der Waals surface area contributed by atoms with Crippen LogP contribution in [0.15, 0.2) is 18.2 Å². The minimum absolute atomic E-state index is 0.0341. The lowest BCUT2D eigenvalue weighted by Gasteiger charge is -2.06. The van der Waals surface area contributed by atoms with Crippen LogP contribution >= 0.6 is 0 Å². The first-order valence-corrected chi connectivity index (χ1v) is 4.31. The monoisotopic (exact) mass is 176 g/mol. The molecule has 0 spiro atoms. The van der Waals surface area contributed by atoms with Gasteiger partial charge in [-0.2, -0.15) is 0 Å². The molecule has 1 aromatic carbocycles. The van der Waals surface area contributed by atoms with Crippen LogP contribution in [0.3, 0.4) is 0 Å². The molecule has 3 nitrogen and oxygen atoms in total. The van der Waals surface area contributed by atoms with Gasteiger partial charge in [-0.15, -0.1) is 0 Å². The molecule has 2 rings (SSSR count). The predicted molar refractivity (Wildman–Crippen MR) is 51.6 cm³/mol. The summed E-state index contributed by atoms with van der Waals surface area (Å²) >= 11 is 0. The van der Waals surface area contributed by atoms with Crippen molar-refractivity contribution in [2.45, 2.75) is 13.0 Å². The van der Waals surface area contributed by atoms with E-state index in [0.717, 1.165) is 16.8 Å². The minimum Gasteiger partial charge on any atom is -0.324 e. The summed E-state index contributed by atoms with van der Waals surface area (Å²) in [5.74, 6) is 0.0341. The van der Waals surface area contributed by atoms with E-state index in [-0.39, 0.29) is 11.9 Å². The summed E-state index contributed by atoms with van der Waals surface area (Å²) in [6.07, 6.45) is 0. The largest absolute Gasteiger partial charge is 0.324 e. The molecule has 1 atom stereocenters. The second-order valence-electron chi connectivity index (χ2n) is 3.25. The van der Waals surface area contributed by atoms with Gasteiger partial charge in [0.05, 0.1) is 0 Å². The number of rotatable bonds is 1. The highest BCUT2D eigenvalue weighted by Crippen LogP contribution is 2.32. The lowest BCUT2D eigenvalue weighted by molar-refractivity contribution is -0.117. The van der Waals surface area contributed by atoms with Gasteiger partial charge in [0.2, 0.25) is 5.91 Å². The Morgan fingerprint density at radius 3 is 2.92 bits per heavy atom. The van der Waals surface area contributed by atoms with E-state index in [1.54, 1.807) is 7.05 Å². The third kappa shape index (κ3) is 1.12. The summed E-state index contributed by atoms with van der Waals surface area (Å²) in [6.45, 7) is 2.00. The van der Waals surface area contributed by atoms with Crippen molar-refractivity contribution in [1.82, 2.24) is 5.32 Å². The fourth-order valence-electron chi connectivity index (χ4n) is 1.72. The molecule has 0 aromatic heterocycles. The Morgan fingerprint density at radius 1 is 1.46 bits per heavy atom. The number of likely N-dealkylation sites (N-methyl/N-ethyl adjacent to an activating group) is 1. The molecule has 1 aliphatic rings. The molecular formula is C10H12N2O. The second kappa shape index (κ2) is 2.85. The molecule has 1 unspecified atom stereocenters. The Kier molecular flexibility index (Phi) is 1.81. The highest BCUT2D eigenvalue weighted by Gasteiger charge is 2.29. The zero-order valence-electron chi connectivity index (χ0n) is 7.72. The number of para-hydroxylation sites is 1. The Labute approximate surface area is 77.1 Å². The SMILES string of the molecule is CNC1C(=O)Nc2c(C)cccc21. The normalized spacial score (nSPS) is 19.8. The summed E-state index contributed by atoms with van der Waals surface area (Å²) in [5, 5.41) is 5.85. The van der Waals surface area contributed by atoms with Gasteiger partial charge < -0.3 is 10.6 Å². The molecule has 0 bridgehead atoms. The second-order valence-corrected chi connectivity index (χ2v) is 3.25. The zero-order valence-corrected chi connectivity index (χ0v) is 7.72. The molecule has 3 heteroatoms. The maximum Gasteiger partial charge on any atom is 0.246 e. The van der Waals surface area contributed by atoms with E-state index in [4.69, 9.17) is 0 Å². The molecule has 1 amide bonds. The predicted octanol–water partition coefficient (Wildman–Crippen LogP) is 1.21. The van der Waals surface area contributed by atoms with E-state index in [9.17, 15) is 4.79 Å². The van der Waals surface area contributed by atoms with E-state index in [2.05, 4.69) is 10.6 Å². The first-order valence-electron chi connectivity index (χ1n) is 4.31. The van der Waals surface area contributed by atoms with Crippen LogP contribution in [-0.2, 0) is 4.79 Å². The van der Waals surface area contributed by atoms with Gasteiger partial charge in [0.25, 0.3) is 0 Å². The van der Waals surface area contributed by atoms with E-state index < -0.39 is 0 Å². The summed E-state index contributed by atoms with van der Waals surface area (Å²) in [6, 6.07) is 5.76. The molecule has 13 heavy (non-hydrogen) atoms. The summed E-state index contributed by atoms with van der Waals surface area (Å²) in [4.78, 5) is 11.4. The molecule has 0 aliphatic carbocycles. The Bertz CT molecular complexity index is 360. The zero-order chi connectivity index (χ0) is 9.42. The Hall–Kier alpha value is -1.35. The van der Waals surface area contributed by atoms with Gasteiger partial charge in [-0.3, -0.25) is 4.79 Å². The third-order valence-corrected chi connectivity index (χ3v) is 2.42. The maximum absolute atomic E-state index is 11.4. The molecule has 0 saturated heterocycles. The summed E-state index contributed by atoms with van der Waals surface area (Å²) in [5.41, 5.74) is 3.13. The maximum atomic E-state index is 11.4. The van der Waals surface area contributed by atoms with Crippen molar-refractivity contribution in [3.63, 3.8) is 0 Å². The number of hydrogen-bond acceptors (Lipinski definition) is 2. The lowest BCUT2D eigenvalue weighted by Crippen LogP contribution is -2.23. The van der Waals surface area contributed by atoms with E-state index in [1.165, 1.54) is 0 Å². The number of carbonyl (C=O) groups is 1. The van der Waals surface area contributed by atoms with Crippen molar-refractivity contribution >= 4 is 11.6 Å². The van der Waals surface area contributed by atoms with Gasteiger partial charge in [-0.25, -0.2) is 0 Å². The molecule has 0 saturated carbocycles. The number of fused-ring (bicyclic) bond motifs is 1. The fraction of sp³-hybridized carbons (Fsp3) is 0.300. The number of carbonyl (C=O) groups excluding carboxylic acids is 1. The van der Waals surface area contributed by atoms with E-state index >= 15 is 0 Å². The van der Waals surface area contributed by atoms with Crippen molar-refractivity contribution in [2.24, 2.45) is 0 Å². The number of hydrogen-bond donors (Lipinski definition) is 2. The van der Waals surface area contributed by atoms with Crippen molar-refractivity contribution in [1.29, 1.82) is 0 Å². The van der Waals surface area contributed by atoms with Crippen LogP contribution in [0.1, 0.15) is 17.2 Å². The van der Waals surface area contributed by atoms with Crippen molar-refractivity contribution < 1.29 is 4.79 Å². The number of amides is 1. The quantitative estimate of drug-likeness (QED) is 0.675. The Balaban J connectivity index is 2.54. The highest BCUT2D eigenvalue weighted by atomic mass is 16.2. The average molecular weight is 176 g/mol. The van der Waals surface area contributed by atoms with Gasteiger partial charge in [-0.05, 0) is 19.5 Å². The van der Waals surface area contributed by atoms with E-state index in [0.29, 0.717) is 0 Å². The molecular weight excluding hydrogens is 164 g/mol. The van der Waals surface area contributed by atoms with Gasteiger partial charge in [0.15, 0.2) is 0 Å². The van der Waals surface area contributed by atoms with Gasteiger partial charge in [0.1, 0.15) is 6.04 Å². The van der Waals surface area contributed by atoms with Crippen molar-refractivity contribution in [3.05, 3.63) is 29.3 Å². The van der Waals surface area contributed by atoms with Crippen LogP contribution in [-0.4, -0.2) is 13.0 Å². The smallest absolute Gasteiger partial charge is 0.246 e. The van der Waals surface area contributed by atoms with Crippen LogP contribution in [0.4, 0.5) is 5.69 Å². The first kappa shape index (κ1) is 8.26. The standard InChI is InChI=1S/C10H12N2O/c1-6-4-3-5-7-8(6)12-10(13)9(7)11-2/h3-5,9,11H,1-2H3,(H,12,13). The molecule has 1 aromatic rings. The van der Waals surface area contributed by atoms with Crippen molar-refractivity contribution in [3.8, 4) is 0 Å². The first-order chi connectivity index (χ1) is 6.24. The summed E-state index contributed by atoms with van der Waals surface area (Å²) in [7, 11) is 1.79. The topological polar surface area (TPSA) is 41.1 Å². The summed E-state index contributed by atoms with van der Waals surface area (Å²) < 4.78 is 0. The van der Waals surface area contributed by atoms with Crippen LogP contribution in [0.5, 0.6) is 0 Å². The number of anilines is 1. The molecule has 1 aliphatic heterocycles. The molecule has 1 heterocycles. The highest BCUT2D eigenvalue weighted by molar-refractivity contribution is 6.03. The van der Waals surface area contributed by atoms with Gasteiger partial charge in [-0.1, -0.05) is 18.2 Å². The van der Waals surface area contributed by atoms with Crippen LogP contribution in [0.25, 0.3) is 0 Å². The average Bonchev–Trinajstić information content (AvgIpc) is 2.43.